The van der Waals surface area contributed by atoms with Gasteiger partial charge < -0.3 is 19.4 Å². The third-order valence-electron chi connectivity index (χ3n) is 5.80. The van der Waals surface area contributed by atoms with E-state index in [4.69, 9.17) is 9.47 Å². The van der Waals surface area contributed by atoms with Gasteiger partial charge in [-0.3, -0.25) is 18.6 Å². The minimum absolute atomic E-state index is 0.156. The number of amides is 1. The summed E-state index contributed by atoms with van der Waals surface area (Å²) in [4.78, 5) is 39.0. The number of nitrogens with one attached hydrogen (secondary N) is 1. The van der Waals surface area contributed by atoms with Crippen molar-refractivity contribution in [1.82, 2.24) is 18.9 Å². The monoisotopic (exact) mass is 446 g/mol. The number of carbonyl (C=O) groups is 1. The molecule has 0 saturated carbocycles. The van der Waals surface area contributed by atoms with Crippen LogP contribution in [0.1, 0.15) is 27.2 Å². The molecule has 2 aromatic carbocycles. The first-order chi connectivity index (χ1) is 15.9. The summed E-state index contributed by atoms with van der Waals surface area (Å²) in [7, 11) is 1.66. The van der Waals surface area contributed by atoms with Crippen LogP contribution in [-0.4, -0.2) is 26.2 Å². The predicted octanol–water partition coefficient (Wildman–Crippen LogP) is 1.82. The molecule has 1 aliphatic rings. The largest absolute Gasteiger partial charge is 0.454 e. The second-order valence-electron chi connectivity index (χ2n) is 7.92. The number of ether oxygens (including phenoxy) is 2. The minimum atomic E-state index is -0.491. The Bertz CT molecular complexity index is 1500. The van der Waals surface area contributed by atoms with Crippen molar-refractivity contribution in [2.45, 2.75) is 20.0 Å². The van der Waals surface area contributed by atoms with E-state index in [-0.39, 0.29) is 37.0 Å². The molecule has 1 N–H and O–H groups in total. The maximum atomic E-state index is 13.1. The molecule has 0 bridgehead atoms. The highest BCUT2D eigenvalue weighted by Gasteiger charge is 2.20. The summed E-state index contributed by atoms with van der Waals surface area (Å²) in [5, 5.41) is 2.86. The molecule has 2 aromatic heterocycles. The maximum Gasteiger partial charge on any atom is 0.337 e. The van der Waals surface area contributed by atoms with Crippen LogP contribution in [0.2, 0.25) is 0 Å². The molecular formula is C24H22N4O5. The van der Waals surface area contributed by atoms with Gasteiger partial charge in [0.05, 0.1) is 12.1 Å². The van der Waals surface area contributed by atoms with Gasteiger partial charge in [0.1, 0.15) is 11.3 Å². The Hall–Kier alpha value is -4.27. The first-order valence-electron chi connectivity index (χ1n) is 10.5. The molecule has 5 rings (SSSR count). The highest BCUT2D eigenvalue weighted by atomic mass is 16.7. The van der Waals surface area contributed by atoms with Crippen LogP contribution in [0.3, 0.4) is 0 Å². The van der Waals surface area contributed by atoms with Crippen molar-refractivity contribution >= 4 is 11.6 Å². The molecule has 9 heteroatoms. The predicted molar refractivity (Wildman–Crippen MR) is 121 cm³/mol. The van der Waals surface area contributed by atoms with Gasteiger partial charge >= 0.3 is 5.69 Å². The molecular weight excluding hydrogens is 424 g/mol. The summed E-state index contributed by atoms with van der Waals surface area (Å²) >= 11 is 0. The van der Waals surface area contributed by atoms with Crippen molar-refractivity contribution in [3.8, 4) is 11.5 Å². The molecule has 0 atom stereocenters. The normalized spacial score (nSPS) is 12.3. The number of aryl methyl sites for hydroxylation is 2. The van der Waals surface area contributed by atoms with E-state index < -0.39 is 5.69 Å². The molecule has 1 aliphatic heterocycles. The minimum Gasteiger partial charge on any atom is -0.454 e. The van der Waals surface area contributed by atoms with E-state index in [9.17, 15) is 14.4 Å². The number of hydrogen-bond donors (Lipinski definition) is 1. The number of nitrogens with zero attached hydrogens (tertiary/aromatic N) is 3. The topological polar surface area (TPSA) is 96.0 Å². The van der Waals surface area contributed by atoms with Crippen LogP contribution in [0, 0.1) is 6.92 Å². The van der Waals surface area contributed by atoms with Gasteiger partial charge in [0.2, 0.25) is 6.79 Å². The van der Waals surface area contributed by atoms with Crippen molar-refractivity contribution in [1.29, 1.82) is 0 Å². The average molecular weight is 446 g/mol. The lowest BCUT2D eigenvalue weighted by atomic mass is 10.2. The van der Waals surface area contributed by atoms with Crippen LogP contribution in [0.5, 0.6) is 11.5 Å². The molecule has 4 aromatic rings. The zero-order valence-corrected chi connectivity index (χ0v) is 18.2. The van der Waals surface area contributed by atoms with Gasteiger partial charge in [-0.2, -0.15) is 0 Å². The molecule has 0 aliphatic carbocycles. The summed E-state index contributed by atoms with van der Waals surface area (Å²) in [5.74, 6) is 0.949. The fourth-order valence-corrected chi connectivity index (χ4v) is 4.08. The fourth-order valence-electron chi connectivity index (χ4n) is 4.08. The van der Waals surface area contributed by atoms with Gasteiger partial charge in [-0.05, 0) is 30.2 Å². The molecule has 0 spiro atoms. The van der Waals surface area contributed by atoms with Gasteiger partial charge in [0.25, 0.3) is 11.5 Å². The van der Waals surface area contributed by atoms with Crippen molar-refractivity contribution in [2.24, 2.45) is 7.05 Å². The van der Waals surface area contributed by atoms with Crippen molar-refractivity contribution in [3.05, 3.63) is 98.0 Å². The van der Waals surface area contributed by atoms with Crippen LogP contribution < -0.4 is 26.0 Å². The van der Waals surface area contributed by atoms with Crippen molar-refractivity contribution < 1.29 is 14.3 Å². The Kier molecular flexibility index (Phi) is 5.01. The van der Waals surface area contributed by atoms with E-state index in [1.165, 1.54) is 15.2 Å². The highest BCUT2D eigenvalue weighted by molar-refractivity contribution is 5.93. The van der Waals surface area contributed by atoms with Crippen LogP contribution in [-0.2, 0) is 20.1 Å². The Morgan fingerprint density at radius 3 is 2.58 bits per heavy atom. The van der Waals surface area contributed by atoms with E-state index in [1.54, 1.807) is 24.6 Å². The van der Waals surface area contributed by atoms with Crippen LogP contribution in [0.4, 0.5) is 0 Å². The molecule has 33 heavy (non-hydrogen) atoms. The Morgan fingerprint density at radius 2 is 1.79 bits per heavy atom. The lowest BCUT2D eigenvalue weighted by Crippen LogP contribution is -2.39. The lowest BCUT2D eigenvalue weighted by Gasteiger charge is -2.09. The number of carbonyl (C=O) groups excluding carboxylic acids is 1. The molecule has 1 amide bonds. The van der Waals surface area contributed by atoms with Gasteiger partial charge in [-0.1, -0.05) is 36.4 Å². The van der Waals surface area contributed by atoms with Gasteiger partial charge in [0.15, 0.2) is 11.5 Å². The molecule has 0 radical (unpaired) electrons. The van der Waals surface area contributed by atoms with Gasteiger partial charge in [-0.15, -0.1) is 0 Å². The zero-order valence-electron chi connectivity index (χ0n) is 18.2. The number of benzene rings is 2. The third-order valence-corrected chi connectivity index (χ3v) is 5.80. The van der Waals surface area contributed by atoms with Crippen molar-refractivity contribution in [3.63, 3.8) is 0 Å². The lowest BCUT2D eigenvalue weighted by molar-refractivity contribution is 0.0943. The number of hydrogen-bond acceptors (Lipinski definition) is 5. The first-order valence-corrected chi connectivity index (χ1v) is 10.5. The van der Waals surface area contributed by atoms with E-state index in [1.807, 2.05) is 42.5 Å². The van der Waals surface area contributed by atoms with Crippen LogP contribution in [0.25, 0.3) is 5.65 Å². The van der Waals surface area contributed by atoms with Crippen molar-refractivity contribution in [2.75, 3.05) is 6.79 Å². The van der Waals surface area contributed by atoms with E-state index in [0.29, 0.717) is 22.7 Å². The quantitative estimate of drug-likeness (QED) is 0.505. The SMILES string of the molecule is Cc1c(=O)n(Cc2ccccc2)c(=O)n2cc(C(=O)NCc3ccc4c(c3)OCO4)n(C)c12. The zero-order chi connectivity index (χ0) is 23.1. The second-order valence-corrected chi connectivity index (χ2v) is 7.92. The number of rotatable bonds is 5. The summed E-state index contributed by atoms with van der Waals surface area (Å²) in [5.41, 5.74) is 1.88. The molecule has 168 valence electrons. The Morgan fingerprint density at radius 1 is 1.03 bits per heavy atom. The maximum absolute atomic E-state index is 13.1. The smallest absolute Gasteiger partial charge is 0.337 e. The fraction of sp³-hybridized carbons (Fsp3) is 0.208. The van der Waals surface area contributed by atoms with Crippen LogP contribution >= 0.6 is 0 Å². The standard InChI is InChI=1S/C24H22N4O5/c1-15-22-26(2)18(21(29)25-11-17-8-9-19-20(10-17)33-14-32-19)13-27(22)24(31)28(23(15)30)12-16-6-4-3-5-7-16/h3-10,13H,11-12,14H2,1-2H3,(H,25,29). The summed E-state index contributed by atoms with van der Waals surface area (Å²) < 4.78 is 14.8. The molecule has 3 heterocycles. The van der Waals surface area contributed by atoms with Gasteiger partial charge in [0, 0.05) is 19.8 Å². The number of fused-ring (bicyclic) bond motifs is 2. The summed E-state index contributed by atoms with van der Waals surface area (Å²) in [6, 6.07) is 14.8. The Balaban J connectivity index is 1.46. The summed E-state index contributed by atoms with van der Waals surface area (Å²) in [6.45, 7) is 2.27. The van der Waals surface area contributed by atoms with Crippen LogP contribution in [0.15, 0.2) is 64.3 Å². The molecule has 0 unspecified atom stereocenters. The first kappa shape index (κ1) is 20.6. The average Bonchev–Trinajstić information content (AvgIpc) is 3.43. The molecule has 0 saturated heterocycles. The number of aromatic nitrogens is 3. The second kappa shape index (κ2) is 8.01. The Labute approximate surface area is 188 Å². The molecule has 0 fully saturated rings. The van der Waals surface area contributed by atoms with E-state index in [0.717, 1.165) is 11.1 Å². The van der Waals surface area contributed by atoms with E-state index >= 15 is 0 Å². The number of imidazole rings is 1. The van der Waals surface area contributed by atoms with E-state index in [2.05, 4.69) is 5.32 Å². The molecule has 9 nitrogen and oxygen atoms in total. The highest BCUT2D eigenvalue weighted by Crippen LogP contribution is 2.32. The third kappa shape index (κ3) is 3.57. The van der Waals surface area contributed by atoms with Gasteiger partial charge in [-0.25, -0.2) is 4.79 Å². The summed E-state index contributed by atoms with van der Waals surface area (Å²) in [6.07, 6.45) is 1.47.